The number of rotatable bonds is 16. The van der Waals surface area contributed by atoms with Gasteiger partial charge < -0.3 is 15.3 Å². The molecule has 0 spiro atoms. The van der Waals surface area contributed by atoms with Crippen LogP contribution in [0, 0.1) is 11.8 Å². The van der Waals surface area contributed by atoms with Gasteiger partial charge in [-0.05, 0) is 19.8 Å². The predicted octanol–water partition coefficient (Wildman–Crippen LogP) is 6.43. The number of allylic oxidation sites excluding steroid dienone is 17. The van der Waals surface area contributed by atoms with E-state index in [0.717, 1.165) is 18.9 Å². The van der Waals surface area contributed by atoms with Crippen LogP contribution in [0.5, 0.6) is 0 Å². The lowest BCUT2D eigenvalue weighted by molar-refractivity contribution is -0.131. The summed E-state index contributed by atoms with van der Waals surface area (Å²) < 4.78 is 0. The van der Waals surface area contributed by atoms with E-state index in [1.165, 1.54) is 6.08 Å². The lowest BCUT2D eigenvalue weighted by atomic mass is 9.88. The summed E-state index contributed by atoms with van der Waals surface area (Å²) in [5.41, 5.74) is 0. The fraction of sp³-hybridized carbons (Fsp3) is 0.300. The Kier molecular flexibility index (Phi) is 19.6. The van der Waals surface area contributed by atoms with Crippen LogP contribution in [0.4, 0.5) is 0 Å². The molecule has 34 heavy (non-hydrogen) atoms. The van der Waals surface area contributed by atoms with E-state index in [1.807, 2.05) is 106 Å². The molecular formula is C30H40O4. The average molecular weight is 465 g/mol. The Labute approximate surface area is 205 Å². The minimum absolute atomic E-state index is 0.0617. The van der Waals surface area contributed by atoms with Crippen LogP contribution in [-0.2, 0) is 4.79 Å². The topological polar surface area (TPSA) is 77.8 Å². The zero-order valence-corrected chi connectivity index (χ0v) is 20.5. The summed E-state index contributed by atoms with van der Waals surface area (Å²) in [7, 11) is 0. The average Bonchev–Trinajstić information content (AvgIpc) is 2.82. The van der Waals surface area contributed by atoms with Gasteiger partial charge in [-0.2, -0.15) is 0 Å². The van der Waals surface area contributed by atoms with Crippen molar-refractivity contribution in [2.24, 2.45) is 11.8 Å². The molecule has 0 aromatic rings. The zero-order valence-electron chi connectivity index (χ0n) is 20.5. The zero-order chi connectivity index (χ0) is 25.4. The van der Waals surface area contributed by atoms with Crippen molar-refractivity contribution in [1.29, 1.82) is 0 Å². The summed E-state index contributed by atoms with van der Waals surface area (Å²) in [5, 5.41) is 29.3. The SMILES string of the molecule is C/C=C/C=C/C=C/C=C/C=C/C(O)C(C)C(O)C(C)/C=C/CC/C=C/C=C/C=C/C=C/C(=O)O. The number of aliphatic carboxylic acids is 1. The molecule has 0 aliphatic carbocycles. The van der Waals surface area contributed by atoms with Crippen LogP contribution in [0.2, 0.25) is 0 Å². The molecule has 4 unspecified atom stereocenters. The van der Waals surface area contributed by atoms with E-state index in [0.29, 0.717) is 0 Å². The predicted molar refractivity (Wildman–Crippen MR) is 144 cm³/mol. The van der Waals surface area contributed by atoms with E-state index in [2.05, 4.69) is 0 Å². The molecule has 0 saturated heterocycles. The Balaban J connectivity index is 4.30. The Bertz CT molecular complexity index is 832. The summed E-state index contributed by atoms with van der Waals surface area (Å²) in [6.45, 7) is 5.76. The first kappa shape index (κ1) is 30.8. The van der Waals surface area contributed by atoms with Crippen molar-refractivity contribution in [2.45, 2.75) is 45.8 Å². The van der Waals surface area contributed by atoms with E-state index in [1.54, 1.807) is 24.3 Å². The monoisotopic (exact) mass is 464 g/mol. The molecule has 0 fully saturated rings. The van der Waals surface area contributed by atoms with Gasteiger partial charge in [-0.1, -0.05) is 129 Å². The number of aliphatic hydroxyl groups is 2. The van der Waals surface area contributed by atoms with Crippen molar-refractivity contribution in [1.82, 2.24) is 0 Å². The van der Waals surface area contributed by atoms with Crippen LogP contribution >= 0.6 is 0 Å². The third-order valence-electron chi connectivity index (χ3n) is 4.76. The molecule has 0 amide bonds. The quantitative estimate of drug-likeness (QED) is 0.106. The van der Waals surface area contributed by atoms with E-state index in [-0.39, 0.29) is 11.8 Å². The lowest BCUT2D eigenvalue weighted by Crippen LogP contribution is -2.32. The maximum Gasteiger partial charge on any atom is 0.328 e. The third-order valence-corrected chi connectivity index (χ3v) is 4.76. The van der Waals surface area contributed by atoms with Gasteiger partial charge in [0.25, 0.3) is 0 Å². The largest absolute Gasteiger partial charge is 0.478 e. The number of carbonyl (C=O) groups is 1. The Hall–Kier alpha value is -3.21. The fourth-order valence-electron chi connectivity index (χ4n) is 2.72. The van der Waals surface area contributed by atoms with E-state index in [4.69, 9.17) is 5.11 Å². The second-order valence-electron chi connectivity index (χ2n) is 7.67. The van der Waals surface area contributed by atoms with Crippen LogP contribution in [0.3, 0.4) is 0 Å². The number of aliphatic hydroxyl groups excluding tert-OH is 2. The minimum Gasteiger partial charge on any atom is -0.478 e. The van der Waals surface area contributed by atoms with Gasteiger partial charge in [-0.3, -0.25) is 0 Å². The maximum atomic E-state index is 10.5. The number of hydrogen-bond acceptors (Lipinski definition) is 3. The molecule has 0 radical (unpaired) electrons. The molecule has 4 heteroatoms. The first-order chi connectivity index (χ1) is 16.4. The highest BCUT2D eigenvalue weighted by Crippen LogP contribution is 2.19. The van der Waals surface area contributed by atoms with Crippen molar-refractivity contribution in [3.63, 3.8) is 0 Å². The van der Waals surface area contributed by atoms with Gasteiger partial charge >= 0.3 is 5.97 Å². The van der Waals surface area contributed by atoms with Crippen LogP contribution in [0.15, 0.2) is 122 Å². The van der Waals surface area contributed by atoms with Crippen molar-refractivity contribution in [3.8, 4) is 0 Å². The van der Waals surface area contributed by atoms with Crippen LogP contribution in [-0.4, -0.2) is 33.5 Å². The van der Waals surface area contributed by atoms with Gasteiger partial charge in [0.1, 0.15) is 0 Å². The summed E-state index contributed by atoms with van der Waals surface area (Å²) in [6, 6.07) is 0. The Morgan fingerprint density at radius 3 is 1.76 bits per heavy atom. The molecule has 0 bridgehead atoms. The van der Waals surface area contributed by atoms with Gasteiger partial charge in [0.2, 0.25) is 0 Å². The van der Waals surface area contributed by atoms with Gasteiger partial charge in [0, 0.05) is 17.9 Å². The molecule has 4 nitrogen and oxygen atoms in total. The Morgan fingerprint density at radius 1 is 0.676 bits per heavy atom. The highest BCUT2D eigenvalue weighted by atomic mass is 16.4. The minimum atomic E-state index is -0.966. The van der Waals surface area contributed by atoms with Gasteiger partial charge in [-0.15, -0.1) is 0 Å². The van der Waals surface area contributed by atoms with E-state index >= 15 is 0 Å². The standard InChI is InChI=1S/C30H40O4/c1-4-5-6-7-8-11-15-18-21-24-28(31)27(3)30(34)26(2)23-20-17-14-12-9-10-13-16-19-22-25-29(32)33/h4-13,15-16,18-28,30-31,34H,14,17H2,1-3H3,(H,32,33)/b5-4+,7-6+,11-8+,12-9+,13-10+,18-15+,19-16+,23-20+,24-21+,25-22+. The third kappa shape index (κ3) is 18.4. The van der Waals surface area contributed by atoms with Crippen molar-refractivity contribution < 1.29 is 20.1 Å². The van der Waals surface area contributed by atoms with Gasteiger partial charge in [-0.25, -0.2) is 4.79 Å². The molecule has 0 aliphatic heterocycles. The van der Waals surface area contributed by atoms with E-state index in [9.17, 15) is 15.0 Å². The molecular weight excluding hydrogens is 424 g/mol. The highest BCUT2D eigenvalue weighted by molar-refractivity contribution is 5.80. The number of hydrogen-bond donors (Lipinski definition) is 3. The number of carboxylic acid groups (broad SMARTS) is 1. The highest BCUT2D eigenvalue weighted by Gasteiger charge is 2.24. The smallest absolute Gasteiger partial charge is 0.328 e. The molecule has 0 rings (SSSR count). The molecule has 0 saturated carbocycles. The van der Waals surface area contributed by atoms with Crippen molar-refractivity contribution >= 4 is 5.97 Å². The maximum absolute atomic E-state index is 10.5. The molecule has 0 heterocycles. The molecule has 184 valence electrons. The summed E-state index contributed by atoms with van der Waals surface area (Å²) in [6.07, 6.45) is 36.9. The van der Waals surface area contributed by atoms with Crippen molar-refractivity contribution in [2.75, 3.05) is 0 Å². The molecule has 0 aromatic heterocycles. The normalized spacial score (nSPS) is 17.6. The summed E-state index contributed by atoms with van der Waals surface area (Å²) in [4.78, 5) is 10.3. The number of carboxylic acids is 1. The van der Waals surface area contributed by atoms with Crippen LogP contribution in [0.1, 0.15) is 33.6 Å². The Morgan fingerprint density at radius 2 is 1.18 bits per heavy atom. The van der Waals surface area contributed by atoms with Crippen molar-refractivity contribution in [3.05, 3.63) is 122 Å². The van der Waals surface area contributed by atoms with Crippen LogP contribution < -0.4 is 0 Å². The molecule has 3 N–H and O–H groups in total. The summed E-state index contributed by atoms with van der Waals surface area (Å²) in [5.74, 6) is -1.31. The molecule has 0 aliphatic rings. The van der Waals surface area contributed by atoms with E-state index < -0.39 is 18.2 Å². The first-order valence-corrected chi connectivity index (χ1v) is 11.6. The summed E-state index contributed by atoms with van der Waals surface area (Å²) >= 11 is 0. The van der Waals surface area contributed by atoms with Gasteiger partial charge in [0.05, 0.1) is 12.2 Å². The molecule has 0 aromatic carbocycles. The number of unbranched alkanes of at least 4 members (excludes halogenated alkanes) is 1. The first-order valence-electron chi connectivity index (χ1n) is 11.6. The molecule has 4 atom stereocenters. The lowest BCUT2D eigenvalue weighted by Gasteiger charge is -2.25. The van der Waals surface area contributed by atoms with Crippen LogP contribution in [0.25, 0.3) is 0 Å². The van der Waals surface area contributed by atoms with Gasteiger partial charge in [0.15, 0.2) is 0 Å². The second-order valence-corrected chi connectivity index (χ2v) is 7.67. The second kappa shape index (κ2) is 21.6. The fourth-order valence-corrected chi connectivity index (χ4v) is 2.72.